The minimum absolute atomic E-state index is 0.420. The molecule has 4 rings (SSSR count). The predicted octanol–water partition coefficient (Wildman–Crippen LogP) is 1.99. The molecule has 4 heterocycles. The van der Waals surface area contributed by atoms with E-state index >= 15 is 0 Å². The molecule has 2 bridgehead atoms. The van der Waals surface area contributed by atoms with Gasteiger partial charge in [0.15, 0.2) is 5.82 Å². The minimum atomic E-state index is 0.420. The Balaban J connectivity index is 1.55. The average Bonchev–Trinajstić information content (AvgIpc) is 3.18. The van der Waals surface area contributed by atoms with Crippen molar-refractivity contribution in [2.45, 2.75) is 50.2 Å². The van der Waals surface area contributed by atoms with Gasteiger partial charge in [0.2, 0.25) is 0 Å². The third-order valence-corrected chi connectivity index (χ3v) is 5.72. The zero-order valence-corrected chi connectivity index (χ0v) is 12.8. The van der Waals surface area contributed by atoms with Gasteiger partial charge in [-0.1, -0.05) is 5.16 Å². The largest absolute Gasteiger partial charge is 0.332 e. The summed E-state index contributed by atoms with van der Waals surface area (Å²) in [5, 5.41) is 7.02. The third kappa shape index (κ3) is 2.29. The van der Waals surface area contributed by atoms with Crippen LogP contribution in [-0.4, -0.2) is 39.2 Å². The summed E-state index contributed by atoms with van der Waals surface area (Å²) in [7, 11) is 2.24. The van der Waals surface area contributed by atoms with Crippen molar-refractivity contribution >= 4 is 11.3 Å². The molecule has 21 heavy (non-hydrogen) atoms. The number of hydrogen-bond donors (Lipinski definition) is 1. The molecule has 2 aromatic rings. The lowest BCUT2D eigenvalue weighted by molar-refractivity contribution is 0.157. The third-order valence-electron chi connectivity index (χ3n) is 4.85. The van der Waals surface area contributed by atoms with Crippen molar-refractivity contribution < 1.29 is 4.52 Å². The maximum Gasteiger partial charge on any atom is 0.277 e. The Hall–Kier alpha value is -1.31. The fourth-order valence-corrected chi connectivity index (χ4v) is 4.28. The lowest BCUT2D eigenvalue weighted by atomic mass is 9.90. The summed E-state index contributed by atoms with van der Waals surface area (Å²) in [4.78, 5) is 11.5. The van der Waals surface area contributed by atoms with E-state index in [1.165, 1.54) is 24.2 Å². The smallest absolute Gasteiger partial charge is 0.277 e. The Morgan fingerprint density at radius 2 is 2.10 bits per heavy atom. The first-order valence-electron chi connectivity index (χ1n) is 7.45. The molecule has 2 atom stereocenters. The average molecular weight is 305 g/mol. The van der Waals surface area contributed by atoms with Crippen LogP contribution in [0.4, 0.5) is 0 Å². The predicted molar refractivity (Wildman–Crippen MR) is 79.8 cm³/mol. The van der Waals surface area contributed by atoms with Crippen molar-refractivity contribution in [1.29, 1.82) is 0 Å². The highest BCUT2D eigenvalue weighted by atomic mass is 32.1. The molecule has 112 valence electrons. The van der Waals surface area contributed by atoms with E-state index in [9.17, 15) is 0 Å². The van der Waals surface area contributed by atoms with E-state index in [4.69, 9.17) is 10.3 Å². The van der Waals surface area contributed by atoms with Gasteiger partial charge in [0, 0.05) is 29.9 Å². The first-order valence-corrected chi connectivity index (χ1v) is 8.33. The van der Waals surface area contributed by atoms with E-state index in [1.807, 2.05) is 5.38 Å². The number of rotatable bonds is 3. The monoisotopic (exact) mass is 305 g/mol. The quantitative estimate of drug-likeness (QED) is 0.934. The maximum atomic E-state index is 5.59. The molecule has 2 aromatic heterocycles. The Morgan fingerprint density at radius 1 is 1.33 bits per heavy atom. The normalized spacial score (nSPS) is 29.1. The van der Waals surface area contributed by atoms with Crippen LogP contribution >= 0.6 is 11.3 Å². The Labute approximate surface area is 127 Å². The van der Waals surface area contributed by atoms with Gasteiger partial charge in [0.05, 0.1) is 0 Å². The molecule has 0 aliphatic carbocycles. The summed E-state index contributed by atoms with van der Waals surface area (Å²) in [6.45, 7) is 0.448. The second kappa shape index (κ2) is 5.15. The van der Waals surface area contributed by atoms with Crippen LogP contribution < -0.4 is 5.73 Å². The minimum Gasteiger partial charge on any atom is -0.332 e. The van der Waals surface area contributed by atoms with E-state index in [1.54, 1.807) is 0 Å². The number of nitrogens with two attached hydrogens (primary N) is 1. The highest BCUT2D eigenvalue weighted by Crippen LogP contribution is 2.41. The molecule has 6 nitrogen and oxygen atoms in total. The van der Waals surface area contributed by atoms with Gasteiger partial charge >= 0.3 is 0 Å². The molecule has 0 aromatic carbocycles. The van der Waals surface area contributed by atoms with Crippen LogP contribution in [0.5, 0.6) is 0 Å². The van der Waals surface area contributed by atoms with Crippen LogP contribution in [0, 0.1) is 0 Å². The van der Waals surface area contributed by atoms with Gasteiger partial charge < -0.3 is 15.2 Å². The van der Waals surface area contributed by atoms with Gasteiger partial charge in [0.1, 0.15) is 10.7 Å². The molecule has 2 fully saturated rings. The SMILES string of the molecule is CN1C2CCC1CC(c1noc(-c3csc(CN)n3)n1)C2. The van der Waals surface area contributed by atoms with Crippen LogP contribution in [0.2, 0.25) is 0 Å². The van der Waals surface area contributed by atoms with Crippen molar-refractivity contribution in [3.05, 3.63) is 16.2 Å². The van der Waals surface area contributed by atoms with Gasteiger partial charge in [-0.15, -0.1) is 11.3 Å². The molecule has 0 amide bonds. The van der Waals surface area contributed by atoms with Crippen LogP contribution in [-0.2, 0) is 6.54 Å². The zero-order valence-electron chi connectivity index (χ0n) is 12.0. The molecule has 0 radical (unpaired) electrons. The maximum absolute atomic E-state index is 5.59. The van der Waals surface area contributed by atoms with Crippen molar-refractivity contribution in [3.63, 3.8) is 0 Å². The molecular formula is C14H19N5OS. The fourth-order valence-electron chi connectivity index (χ4n) is 3.63. The standard InChI is InChI=1S/C14H19N5OS/c1-19-9-2-3-10(19)5-8(4-9)13-17-14(20-18-13)11-7-21-12(6-15)16-11/h7-10H,2-6,15H2,1H3. The van der Waals surface area contributed by atoms with E-state index in [0.29, 0.717) is 30.4 Å². The molecule has 2 unspecified atom stereocenters. The van der Waals surface area contributed by atoms with Crippen LogP contribution in [0.1, 0.15) is 42.4 Å². The molecular weight excluding hydrogens is 286 g/mol. The Kier molecular flexibility index (Phi) is 3.28. The molecule has 2 aliphatic rings. The molecule has 2 N–H and O–H groups in total. The van der Waals surface area contributed by atoms with Crippen molar-refractivity contribution in [2.24, 2.45) is 5.73 Å². The van der Waals surface area contributed by atoms with Gasteiger partial charge in [0.25, 0.3) is 5.89 Å². The first kappa shape index (κ1) is 13.4. The fraction of sp³-hybridized carbons (Fsp3) is 0.643. The molecule has 2 saturated heterocycles. The van der Waals surface area contributed by atoms with Crippen molar-refractivity contribution in [2.75, 3.05) is 7.05 Å². The number of hydrogen-bond acceptors (Lipinski definition) is 7. The van der Waals surface area contributed by atoms with Crippen LogP contribution in [0.3, 0.4) is 0 Å². The zero-order chi connectivity index (χ0) is 14.4. The lowest BCUT2D eigenvalue weighted by Crippen LogP contribution is -2.39. The van der Waals surface area contributed by atoms with Crippen molar-refractivity contribution in [3.8, 4) is 11.6 Å². The number of thiazole rings is 1. The summed E-state index contributed by atoms with van der Waals surface area (Å²) >= 11 is 1.53. The van der Waals surface area contributed by atoms with Gasteiger partial charge in [-0.2, -0.15) is 4.98 Å². The topological polar surface area (TPSA) is 81.1 Å². The molecule has 0 spiro atoms. The number of nitrogens with zero attached hydrogens (tertiary/aromatic N) is 4. The van der Waals surface area contributed by atoms with Gasteiger partial charge in [-0.05, 0) is 32.7 Å². The summed E-state index contributed by atoms with van der Waals surface area (Å²) in [6.07, 6.45) is 4.87. The second-order valence-electron chi connectivity index (χ2n) is 6.01. The van der Waals surface area contributed by atoms with Crippen LogP contribution in [0.15, 0.2) is 9.90 Å². The van der Waals surface area contributed by atoms with E-state index in [-0.39, 0.29) is 0 Å². The van der Waals surface area contributed by atoms with Gasteiger partial charge in [-0.3, -0.25) is 0 Å². The first-order chi connectivity index (χ1) is 10.2. The second-order valence-corrected chi connectivity index (χ2v) is 6.95. The number of piperidine rings is 1. The summed E-state index contributed by atoms with van der Waals surface area (Å²) < 4.78 is 5.41. The lowest BCUT2D eigenvalue weighted by Gasteiger charge is -2.34. The van der Waals surface area contributed by atoms with E-state index < -0.39 is 0 Å². The Morgan fingerprint density at radius 3 is 2.76 bits per heavy atom. The summed E-state index contributed by atoms with van der Waals surface area (Å²) in [5.74, 6) is 1.79. The number of fused-ring (bicyclic) bond motifs is 2. The van der Waals surface area contributed by atoms with Gasteiger partial charge in [-0.25, -0.2) is 4.98 Å². The Bertz CT molecular complexity index is 625. The summed E-state index contributed by atoms with van der Waals surface area (Å²) in [6, 6.07) is 1.36. The number of aromatic nitrogens is 3. The van der Waals surface area contributed by atoms with E-state index in [0.717, 1.165) is 29.4 Å². The molecule has 7 heteroatoms. The molecule has 0 saturated carbocycles. The molecule has 2 aliphatic heterocycles. The highest BCUT2D eigenvalue weighted by molar-refractivity contribution is 7.09. The van der Waals surface area contributed by atoms with E-state index in [2.05, 4.69) is 27.1 Å². The van der Waals surface area contributed by atoms with Crippen molar-refractivity contribution in [1.82, 2.24) is 20.0 Å². The van der Waals surface area contributed by atoms with Crippen LogP contribution in [0.25, 0.3) is 11.6 Å². The summed E-state index contributed by atoms with van der Waals surface area (Å²) in [5.41, 5.74) is 6.34. The highest BCUT2D eigenvalue weighted by Gasteiger charge is 2.40.